The van der Waals surface area contributed by atoms with E-state index in [1.807, 2.05) is 0 Å². The van der Waals surface area contributed by atoms with E-state index in [-0.39, 0.29) is 0 Å². The number of aromatic nitrogens is 2. The average molecular weight is 155 g/mol. The zero-order valence-electron chi connectivity index (χ0n) is 5.58. The maximum atomic E-state index is 5.36. The summed E-state index contributed by atoms with van der Waals surface area (Å²) >= 11 is 1.43. The zero-order chi connectivity index (χ0) is 6.97. The molecule has 0 saturated heterocycles. The summed E-state index contributed by atoms with van der Waals surface area (Å²) in [5, 5.41) is 1.10. The number of hydrogen-bond donors (Lipinski definition) is 1. The highest BCUT2D eigenvalue weighted by Gasteiger charge is 2.22. The third-order valence-electron chi connectivity index (χ3n) is 1.64. The molecule has 3 nitrogen and oxygen atoms in total. The van der Waals surface area contributed by atoms with Crippen LogP contribution in [0, 0.1) is 5.92 Å². The van der Waals surface area contributed by atoms with E-state index in [2.05, 4.69) is 9.36 Å². The van der Waals surface area contributed by atoms with Crippen molar-refractivity contribution in [3.63, 3.8) is 0 Å². The second-order valence-electron chi connectivity index (χ2n) is 2.69. The minimum atomic E-state index is 0.431. The molecule has 0 atom stereocenters. The van der Waals surface area contributed by atoms with Crippen LogP contribution in [0.25, 0.3) is 0 Å². The SMILES string of the molecule is Nc1nsc(CC2CC2)n1. The van der Waals surface area contributed by atoms with Gasteiger partial charge in [0.05, 0.1) is 0 Å². The minimum Gasteiger partial charge on any atom is -0.367 e. The van der Waals surface area contributed by atoms with Gasteiger partial charge in [-0.3, -0.25) is 0 Å². The number of rotatable bonds is 2. The Morgan fingerprint density at radius 3 is 2.90 bits per heavy atom. The molecular formula is C6H9N3S. The Morgan fingerprint density at radius 1 is 1.60 bits per heavy atom. The number of nitrogens with zero attached hydrogens (tertiary/aromatic N) is 2. The van der Waals surface area contributed by atoms with E-state index in [0.29, 0.717) is 5.95 Å². The molecule has 2 N–H and O–H groups in total. The summed E-state index contributed by atoms with van der Waals surface area (Å²) in [6, 6.07) is 0. The predicted molar refractivity (Wildman–Crippen MR) is 40.7 cm³/mol. The predicted octanol–water partition coefficient (Wildman–Crippen LogP) is 1.07. The normalized spacial score (nSPS) is 17.6. The van der Waals surface area contributed by atoms with Crippen LogP contribution in [0.4, 0.5) is 5.95 Å². The van der Waals surface area contributed by atoms with Crippen LogP contribution in [-0.2, 0) is 6.42 Å². The van der Waals surface area contributed by atoms with E-state index in [0.717, 1.165) is 17.3 Å². The highest BCUT2D eigenvalue weighted by molar-refractivity contribution is 7.05. The van der Waals surface area contributed by atoms with Gasteiger partial charge in [0.15, 0.2) is 0 Å². The fourth-order valence-corrected chi connectivity index (χ4v) is 1.60. The first-order valence-electron chi connectivity index (χ1n) is 3.42. The molecular weight excluding hydrogens is 146 g/mol. The first-order chi connectivity index (χ1) is 4.84. The molecule has 0 radical (unpaired) electrons. The molecule has 4 heteroatoms. The topological polar surface area (TPSA) is 51.8 Å². The molecule has 0 aromatic carbocycles. The molecule has 1 aliphatic carbocycles. The van der Waals surface area contributed by atoms with E-state index in [1.54, 1.807) is 0 Å². The average Bonchev–Trinajstić information content (AvgIpc) is 2.59. The molecule has 1 saturated carbocycles. The fraction of sp³-hybridized carbons (Fsp3) is 0.667. The highest BCUT2D eigenvalue weighted by atomic mass is 32.1. The van der Waals surface area contributed by atoms with Crippen molar-refractivity contribution in [3.8, 4) is 0 Å². The quantitative estimate of drug-likeness (QED) is 0.695. The fourth-order valence-electron chi connectivity index (χ4n) is 0.920. The Kier molecular flexibility index (Phi) is 1.34. The molecule has 1 aromatic rings. The number of hydrogen-bond acceptors (Lipinski definition) is 4. The Labute approximate surface area is 63.4 Å². The van der Waals surface area contributed by atoms with Crippen LogP contribution >= 0.6 is 11.5 Å². The molecule has 1 aromatic heterocycles. The van der Waals surface area contributed by atoms with Crippen molar-refractivity contribution in [2.75, 3.05) is 5.73 Å². The van der Waals surface area contributed by atoms with Crippen molar-refractivity contribution in [3.05, 3.63) is 5.01 Å². The van der Waals surface area contributed by atoms with Crippen LogP contribution in [-0.4, -0.2) is 9.36 Å². The first-order valence-corrected chi connectivity index (χ1v) is 4.20. The Bertz CT molecular complexity index is 229. The van der Waals surface area contributed by atoms with Crippen molar-refractivity contribution in [2.45, 2.75) is 19.3 Å². The van der Waals surface area contributed by atoms with Crippen LogP contribution in [0.3, 0.4) is 0 Å². The smallest absolute Gasteiger partial charge is 0.232 e. The summed E-state index contributed by atoms with van der Waals surface area (Å²) in [5.41, 5.74) is 5.36. The summed E-state index contributed by atoms with van der Waals surface area (Å²) in [6.45, 7) is 0. The molecule has 10 heavy (non-hydrogen) atoms. The lowest BCUT2D eigenvalue weighted by Crippen LogP contribution is -1.88. The summed E-state index contributed by atoms with van der Waals surface area (Å²) in [5.74, 6) is 1.31. The molecule has 1 heterocycles. The lowest BCUT2D eigenvalue weighted by atomic mass is 10.3. The Morgan fingerprint density at radius 2 is 2.40 bits per heavy atom. The van der Waals surface area contributed by atoms with Gasteiger partial charge in [-0.1, -0.05) is 0 Å². The summed E-state index contributed by atoms with van der Waals surface area (Å²) in [6.07, 6.45) is 3.81. The summed E-state index contributed by atoms with van der Waals surface area (Å²) < 4.78 is 3.91. The van der Waals surface area contributed by atoms with Crippen LogP contribution in [0.2, 0.25) is 0 Å². The lowest BCUT2D eigenvalue weighted by molar-refractivity contribution is 0.825. The van der Waals surface area contributed by atoms with E-state index < -0.39 is 0 Å². The van der Waals surface area contributed by atoms with Crippen molar-refractivity contribution >= 4 is 17.5 Å². The van der Waals surface area contributed by atoms with Gasteiger partial charge in [-0.2, -0.15) is 4.37 Å². The Balaban J connectivity index is 2.03. The van der Waals surface area contributed by atoms with Crippen molar-refractivity contribution in [1.82, 2.24) is 9.36 Å². The molecule has 0 unspecified atom stereocenters. The molecule has 1 fully saturated rings. The lowest BCUT2D eigenvalue weighted by Gasteiger charge is -1.86. The summed E-state index contributed by atoms with van der Waals surface area (Å²) in [7, 11) is 0. The monoisotopic (exact) mass is 155 g/mol. The van der Waals surface area contributed by atoms with E-state index in [1.165, 1.54) is 24.4 Å². The maximum Gasteiger partial charge on any atom is 0.232 e. The third-order valence-corrected chi connectivity index (χ3v) is 2.39. The highest BCUT2D eigenvalue weighted by Crippen LogP contribution is 2.32. The van der Waals surface area contributed by atoms with Gasteiger partial charge in [0.2, 0.25) is 5.95 Å². The van der Waals surface area contributed by atoms with E-state index in [4.69, 9.17) is 5.73 Å². The van der Waals surface area contributed by atoms with Gasteiger partial charge in [0.1, 0.15) is 5.01 Å². The van der Waals surface area contributed by atoms with E-state index >= 15 is 0 Å². The minimum absolute atomic E-state index is 0.431. The van der Waals surface area contributed by atoms with Crippen LogP contribution in [0.15, 0.2) is 0 Å². The summed E-state index contributed by atoms with van der Waals surface area (Å²) in [4.78, 5) is 4.08. The van der Waals surface area contributed by atoms with Crippen LogP contribution in [0.1, 0.15) is 17.8 Å². The van der Waals surface area contributed by atoms with Gasteiger partial charge in [0, 0.05) is 6.42 Å². The molecule has 0 aliphatic heterocycles. The molecule has 2 rings (SSSR count). The number of nitrogens with two attached hydrogens (primary N) is 1. The molecule has 1 aliphatic rings. The molecule has 54 valence electrons. The van der Waals surface area contributed by atoms with Crippen LogP contribution in [0.5, 0.6) is 0 Å². The van der Waals surface area contributed by atoms with Crippen molar-refractivity contribution < 1.29 is 0 Å². The van der Waals surface area contributed by atoms with Gasteiger partial charge in [-0.15, -0.1) is 0 Å². The number of anilines is 1. The van der Waals surface area contributed by atoms with Gasteiger partial charge < -0.3 is 5.73 Å². The standard InChI is InChI=1S/C6H9N3S/c7-6-8-5(10-9-6)3-4-1-2-4/h4H,1-3H2,(H2,7,9). The number of nitrogen functional groups attached to an aromatic ring is 1. The van der Waals surface area contributed by atoms with Gasteiger partial charge in [-0.05, 0) is 30.3 Å². The van der Waals surface area contributed by atoms with Crippen molar-refractivity contribution in [2.24, 2.45) is 5.92 Å². The molecule has 0 amide bonds. The third kappa shape index (κ3) is 1.26. The second kappa shape index (κ2) is 2.20. The first kappa shape index (κ1) is 6.09. The molecule has 0 spiro atoms. The van der Waals surface area contributed by atoms with Gasteiger partial charge in [0.25, 0.3) is 0 Å². The largest absolute Gasteiger partial charge is 0.367 e. The van der Waals surface area contributed by atoms with Crippen LogP contribution < -0.4 is 5.73 Å². The molecule has 0 bridgehead atoms. The van der Waals surface area contributed by atoms with Gasteiger partial charge in [-0.25, -0.2) is 4.98 Å². The van der Waals surface area contributed by atoms with Gasteiger partial charge >= 0.3 is 0 Å². The van der Waals surface area contributed by atoms with Crippen molar-refractivity contribution in [1.29, 1.82) is 0 Å². The second-order valence-corrected chi connectivity index (χ2v) is 3.53. The zero-order valence-corrected chi connectivity index (χ0v) is 6.40. The maximum absolute atomic E-state index is 5.36. The Hall–Kier alpha value is -0.640. The van der Waals surface area contributed by atoms with E-state index in [9.17, 15) is 0 Å².